The molecule has 1 saturated heterocycles. The number of fused-ring (bicyclic) bond motifs is 1. The number of benzene rings is 1. The van der Waals surface area contributed by atoms with Crippen molar-refractivity contribution in [1.29, 1.82) is 0 Å². The Kier molecular flexibility index (Phi) is 3.60. The Morgan fingerprint density at radius 2 is 1.92 bits per heavy atom. The number of rotatable bonds is 2. The van der Waals surface area contributed by atoms with Gasteiger partial charge in [-0.1, -0.05) is 12.1 Å². The number of nitrogens with two attached hydrogens (primary N) is 1. The first kappa shape index (κ1) is 15.5. The highest BCUT2D eigenvalue weighted by Crippen LogP contribution is 2.37. The highest BCUT2D eigenvalue weighted by molar-refractivity contribution is 6.06. The van der Waals surface area contributed by atoms with E-state index in [2.05, 4.69) is 25.5 Å². The van der Waals surface area contributed by atoms with Gasteiger partial charge in [0.2, 0.25) is 17.7 Å². The number of ether oxygens (including phenoxy) is 1. The number of amides is 1. The summed E-state index contributed by atoms with van der Waals surface area (Å²) in [7, 11) is 1.55. The molecular formula is C17H20N6O2. The molecule has 2 aliphatic rings. The number of nitrogens with one attached hydrogen (secondary N) is 2. The molecule has 2 aliphatic heterocycles. The van der Waals surface area contributed by atoms with E-state index in [1.54, 1.807) is 13.2 Å². The first-order chi connectivity index (χ1) is 12.1. The zero-order valence-electron chi connectivity index (χ0n) is 14.0. The second kappa shape index (κ2) is 5.80. The Morgan fingerprint density at radius 1 is 1.20 bits per heavy atom. The fourth-order valence-corrected chi connectivity index (χ4v) is 3.42. The molecule has 1 spiro atoms. The van der Waals surface area contributed by atoms with Gasteiger partial charge >= 0.3 is 0 Å². The van der Waals surface area contributed by atoms with Gasteiger partial charge in [0.1, 0.15) is 11.4 Å². The number of anilines is 4. The van der Waals surface area contributed by atoms with Crippen LogP contribution in [0.2, 0.25) is 0 Å². The largest absolute Gasteiger partial charge is 0.481 e. The zero-order chi connectivity index (χ0) is 17.4. The predicted octanol–water partition coefficient (Wildman–Crippen LogP) is 1.47. The van der Waals surface area contributed by atoms with Crippen molar-refractivity contribution in [3.8, 4) is 5.88 Å². The molecule has 25 heavy (non-hydrogen) atoms. The van der Waals surface area contributed by atoms with Crippen molar-refractivity contribution in [1.82, 2.24) is 9.97 Å². The van der Waals surface area contributed by atoms with Crippen molar-refractivity contribution in [2.24, 2.45) is 0 Å². The maximum Gasteiger partial charge on any atom is 0.250 e. The van der Waals surface area contributed by atoms with Crippen LogP contribution in [0.25, 0.3) is 0 Å². The Bertz CT molecular complexity index is 817. The molecule has 1 amide bonds. The van der Waals surface area contributed by atoms with E-state index in [1.807, 2.05) is 24.3 Å². The van der Waals surface area contributed by atoms with Gasteiger partial charge in [-0.15, -0.1) is 0 Å². The molecule has 0 atom stereocenters. The summed E-state index contributed by atoms with van der Waals surface area (Å²) < 4.78 is 5.16. The Hall–Kier alpha value is -3.03. The van der Waals surface area contributed by atoms with Crippen molar-refractivity contribution >= 4 is 29.0 Å². The average molecular weight is 340 g/mol. The summed E-state index contributed by atoms with van der Waals surface area (Å²) >= 11 is 0. The van der Waals surface area contributed by atoms with Gasteiger partial charge in [0.25, 0.3) is 0 Å². The molecule has 0 aliphatic carbocycles. The van der Waals surface area contributed by atoms with Crippen LogP contribution in [0.3, 0.4) is 0 Å². The fraction of sp³-hybridized carbons (Fsp3) is 0.353. The highest BCUT2D eigenvalue weighted by atomic mass is 16.5. The molecular weight excluding hydrogens is 320 g/mol. The monoisotopic (exact) mass is 340 g/mol. The molecule has 4 N–H and O–H groups in total. The molecule has 0 bridgehead atoms. The number of aromatic nitrogens is 2. The van der Waals surface area contributed by atoms with Crippen LogP contribution in [0.4, 0.5) is 23.1 Å². The van der Waals surface area contributed by atoms with E-state index in [4.69, 9.17) is 10.5 Å². The number of para-hydroxylation sites is 2. The van der Waals surface area contributed by atoms with Crippen LogP contribution in [-0.2, 0) is 4.79 Å². The lowest BCUT2D eigenvalue weighted by atomic mass is 9.84. The number of nitrogens with zero attached hydrogens (tertiary/aromatic N) is 3. The lowest BCUT2D eigenvalue weighted by Crippen LogP contribution is -2.58. The molecule has 2 aromatic rings. The van der Waals surface area contributed by atoms with Gasteiger partial charge in [-0.05, 0) is 25.0 Å². The van der Waals surface area contributed by atoms with Crippen molar-refractivity contribution in [3.63, 3.8) is 0 Å². The minimum absolute atomic E-state index is 0.0191. The van der Waals surface area contributed by atoms with E-state index in [0.717, 1.165) is 17.2 Å². The average Bonchev–Trinajstić information content (AvgIpc) is 2.63. The van der Waals surface area contributed by atoms with E-state index in [1.165, 1.54) is 0 Å². The zero-order valence-corrected chi connectivity index (χ0v) is 14.0. The third-order valence-electron chi connectivity index (χ3n) is 4.84. The van der Waals surface area contributed by atoms with Crippen LogP contribution in [-0.4, -0.2) is 41.6 Å². The smallest absolute Gasteiger partial charge is 0.250 e. The lowest BCUT2D eigenvalue weighted by Gasteiger charge is -2.44. The number of carbonyl (C=O) groups is 1. The Balaban J connectivity index is 1.54. The normalized spacial score (nSPS) is 18.3. The molecule has 0 radical (unpaired) electrons. The predicted molar refractivity (Wildman–Crippen MR) is 95.9 cm³/mol. The standard InChI is InChI=1S/C17H20N6O2/c1-25-14-10-13(20-16(18)21-14)23-8-6-17(7-9-23)15(24)19-11-4-2-3-5-12(11)22-17/h2-5,10,22H,6-9H2,1H3,(H,19,24)(H2,18,20,21). The molecule has 1 fully saturated rings. The van der Waals surface area contributed by atoms with Gasteiger partial charge in [-0.25, -0.2) is 0 Å². The van der Waals surface area contributed by atoms with Crippen LogP contribution in [0, 0.1) is 0 Å². The van der Waals surface area contributed by atoms with Crippen molar-refractivity contribution in [3.05, 3.63) is 30.3 Å². The van der Waals surface area contributed by atoms with E-state index >= 15 is 0 Å². The molecule has 8 nitrogen and oxygen atoms in total. The molecule has 130 valence electrons. The summed E-state index contributed by atoms with van der Waals surface area (Å²) in [5.74, 6) is 1.35. The van der Waals surface area contributed by atoms with Gasteiger partial charge in [0, 0.05) is 19.2 Å². The van der Waals surface area contributed by atoms with Crippen molar-refractivity contribution in [2.75, 3.05) is 41.5 Å². The number of carbonyl (C=O) groups excluding carboxylic acids is 1. The van der Waals surface area contributed by atoms with Crippen molar-refractivity contribution < 1.29 is 9.53 Å². The van der Waals surface area contributed by atoms with Gasteiger partial charge < -0.3 is 26.0 Å². The first-order valence-electron chi connectivity index (χ1n) is 8.22. The van der Waals surface area contributed by atoms with E-state index in [9.17, 15) is 4.79 Å². The summed E-state index contributed by atoms with van der Waals surface area (Å²) in [4.78, 5) is 23.1. The first-order valence-corrected chi connectivity index (χ1v) is 8.22. The number of nitrogen functional groups attached to an aromatic ring is 1. The molecule has 1 aromatic carbocycles. The van der Waals surface area contributed by atoms with Gasteiger partial charge in [-0.3, -0.25) is 4.79 Å². The summed E-state index contributed by atoms with van der Waals surface area (Å²) in [6.07, 6.45) is 1.33. The van der Waals surface area contributed by atoms with Gasteiger partial charge in [0.15, 0.2) is 0 Å². The summed E-state index contributed by atoms with van der Waals surface area (Å²) in [6.45, 7) is 1.37. The number of methoxy groups -OCH3 is 1. The van der Waals surface area contributed by atoms with E-state index in [-0.39, 0.29) is 11.9 Å². The molecule has 3 heterocycles. The number of hydrogen-bond acceptors (Lipinski definition) is 7. The maximum atomic E-state index is 12.7. The third-order valence-corrected chi connectivity index (χ3v) is 4.84. The van der Waals surface area contributed by atoms with E-state index < -0.39 is 5.54 Å². The minimum atomic E-state index is -0.590. The van der Waals surface area contributed by atoms with Crippen LogP contribution < -0.4 is 26.0 Å². The summed E-state index contributed by atoms with van der Waals surface area (Å²) in [5.41, 5.74) is 6.95. The van der Waals surface area contributed by atoms with Crippen LogP contribution >= 0.6 is 0 Å². The topological polar surface area (TPSA) is 105 Å². The van der Waals surface area contributed by atoms with Gasteiger partial charge in [0.05, 0.1) is 18.5 Å². The molecule has 0 unspecified atom stereocenters. The fourth-order valence-electron chi connectivity index (χ4n) is 3.42. The van der Waals surface area contributed by atoms with E-state index in [0.29, 0.717) is 31.8 Å². The lowest BCUT2D eigenvalue weighted by molar-refractivity contribution is -0.121. The minimum Gasteiger partial charge on any atom is -0.481 e. The number of hydrogen-bond donors (Lipinski definition) is 3. The third kappa shape index (κ3) is 2.69. The summed E-state index contributed by atoms with van der Waals surface area (Å²) in [5, 5.41) is 6.46. The van der Waals surface area contributed by atoms with Crippen LogP contribution in [0.1, 0.15) is 12.8 Å². The molecule has 8 heteroatoms. The maximum absolute atomic E-state index is 12.7. The molecule has 4 rings (SSSR count). The second-order valence-electron chi connectivity index (χ2n) is 6.32. The number of piperidine rings is 1. The highest BCUT2D eigenvalue weighted by Gasteiger charge is 2.44. The second-order valence-corrected chi connectivity index (χ2v) is 6.32. The SMILES string of the molecule is COc1cc(N2CCC3(CC2)Nc2ccccc2NC3=O)nc(N)n1. The van der Waals surface area contributed by atoms with Crippen LogP contribution in [0.15, 0.2) is 30.3 Å². The van der Waals surface area contributed by atoms with Crippen LogP contribution in [0.5, 0.6) is 5.88 Å². The summed E-state index contributed by atoms with van der Waals surface area (Å²) in [6, 6.07) is 9.52. The van der Waals surface area contributed by atoms with Crippen molar-refractivity contribution in [2.45, 2.75) is 18.4 Å². The molecule has 0 saturated carbocycles. The molecule has 1 aromatic heterocycles. The Labute approximate surface area is 145 Å². The Morgan fingerprint density at radius 3 is 2.64 bits per heavy atom. The quantitative estimate of drug-likeness (QED) is 0.760. The van der Waals surface area contributed by atoms with Gasteiger partial charge in [-0.2, -0.15) is 9.97 Å².